The van der Waals surface area contributed by atoms with E-state index in [1.807, 2.05) is 25.1 Å². The number of amides is 1. The number of carboxylic acid groups (broad SMARTS) is 1. The molecule has 2 rings (SSSR count). The van der Waals surface area contributed by atoms with Crippen LogP contribution in [0, 0.1) is 8.99 Å². The number of carbonyl (C=O) groups excluding carboxylic acids is 1. The van der Waals surface area contributed by atoms with E-state index in [-0.39, 0.29) is 5.91 Å². The molecular weight excluding hydrogens is 381 g/mol. The van der Waals surface area contributed by atoms with E-state index in [2.05, 4.69) is 22.6 Å². The average molecular weight is 401 g/mol. The van der Waals surface area contributed by atoms with Gasteiger partial charge in [-0.3, -0.25) is 9.59 Å². The standard InChI is InChI=1S/C16H20INO3/c1-2-8-16(15(20)21)9-5-10-18(11-16)14(19)12-6-3-4-7-13(12)17/h3-4,6-7H,2,5,8-11H2,1H3,(H,20,21). The van der Waals surface area contributed by atoms with Crippen molar-refractivity contribution in [3.8, 4) is 0 Å². The molecule has 4 nitrogen and oxygen atoms in total. The third-order valence-electron chi connectivity index (χ3n) is 4.15. The summed E-state index contributed by atoms with van der Waals surface area (Å²) in [7, 11) is 0. The molecule has 0 aliphatic carbocycles. The maximum atomic E-state index is 12.7. The zero-order chi connectivity index (χ0) is 15.5. The maximum Gasteiger partial charge on any atom is 0.311 e. The first kappa shape index (κ1) is 16.3. The van der Waals surface area contributed by atoms with Crippen LogP contribution < -0.4 is 0 Å². The number of hydrogen-bond acceptors (Lipinski definition) is 2. The van der Waals surface area contributed by atoms with Crippen LogP contribution in [-0.4, -0.2) is 35.0 Å². The number of piperidine rings is 1. The summed E-state index contributed by atoms with van der Waals surface area (Å²) in [6.45, 7) is 2.95. The van der Waals surface area contributed by atoms with Crippen LogP contribution in [0.5, 0.6) is 0 Å². The Morgan fingerprint density at radius 3 is 2.71 bits per heavy atom. The van der Waals surface area contributed by atoms with E-state index in [1.165, 1.54) is 0 Å². The minimum atomic E-state index is -0.775. The predicted octanol–water partition coefficient (Wildman–Crippen LogP) is 3.40. The van der Waals surface area contributed by atoms with Crippen LogP contribution in [0.4, 0.5) is 0 Å². The molecule has 1 aromatic rings. The number of carboxylic acids is 1. The third kappa shape index (κ3) is 3.39. The lowest BCUT2D eigenvalue weighted by atomic mass is 9.76. The summed E-state index contributed by atoms with van der Waals surface area (Å²) in [6.07, 6.45) is 2.85. The first-order valence-electron chi connectivity index (χ1n) is 7.27. The van der Waals surface area contributed by atoms with Crippen LogP contribution in [0.1, 0.15) is 43.0 Å². The number of rotatable bonds is 4. The summed E-state index contributed by atoms with van der Waals surface area (Å²) in [5.41, 5.74) is -0.112. The van der Waals surface area contributed by atoms with Gasteiger partial charge in [0, 0.05) is 16.7 Å². The molecule has 21 heavy (non-hydrogen) atoms. The van der Waals surface area contributed by atoms with E-state index in [1.54, 1.807) is 11.0 Å². The fraction of sp³-hybridized carbons (Fsp3) is 0.500. The summed E-state index contributed by atoms with van der Waals surface area (Å²) < 4.78 is 0.905. The van der Waals surface area contributed by atoms with Crippen molar-refractivity contribution in [1.82, 2.24) is 4.90 Å². The van der Waals surface area contributed by atoms with Crippen LogP contribution in [0.2, 0.25) is 0 Å². The molecule has 0 spiro atoms. The number of halogens is 1. The minimum Gasteiger partial charge on any atom is -0.481 e. The number of nitrogens with zero attached hydrogens (tertiary/aromatic N) is 1. The first-order chi connectivity index (χ1) is 10.00. The Hall–Kier alpha value is -1.11. The van der Waals surface area contributed by atoms with E-state index in [0.717, 1.165) is 16.4 Å². The van der Waals surface area contributed by atoms with Gasteiger partial charge in [0.2, 0.25) is 0 Å². The van der Waals surface area contributed by atoms with Gasteiger partial charge in [0.25, 0.3) is 5.91 Å². The Morgan fingerprint density at radius 2 is 2.10 bits per heavy atom. The molecule has 1 aromatic carbocycles. The van der Waals surface area contributed by atoms with Crippen LogP contribution in [0.15, 0.2) is 24.3 Å². The molecule has 1 amide bonds. The van der Waals surface area contributed by atoms with Gasteiger partial charge in [0.1, 0.15) is 0 Å². The van der Waals surface area contributed by atoms with Gasteiger partial charge >= 0.3 is 5.97 Å². The summed E-state index contributed by atoms with van der Waals surface area (Å²) in [5.74, 6) is -0.828. The Labute approximate surface area is 138 Å². The van der Waals surface area contributed by atoms with E-state index < -0.39 is 11.4 Å². The lowest BCUT2D eigenvalue weighted by Crippen LogP contribution is -2.50. The quantitative estimate of drug-likeness (QED) is 0.787. The van der Waals surface area contributed by atoms with Crippen LogP contribution in [-0.2, 0) is 4.79 Å². The lowest BCUT2D eigenvalue weighted by Gasteiger charge is -2.40. The Kier molecular flexibility index (Phi) is 5.24. The van der Waals surface area contributed by atoms with Crippen molar-refractivity contribution in [1.29, 1.82) is 0 Å². The zero-order valence-corrected chi connectivity index (χ0v) is 14.3. The summed E-state index contributed by atoms with van der Waals surface area (Å²) >= 11 is 2.15. The minimum absolute atomic E-state index is 0.0542. The van der Waals surface area contributed by atoms with Crippen molar-refractivity contribution in [2.45, 2.75) is 32.6 Å². The maximum absolute atomic E-state index is 12.7. The van der Waals surface area contributed by atoms with Crippen LogP contribution in [0.3, 0.4) is 0 Å². The van der Waals surface area contributed by atoms with Crippen molar-refractivity contribution >= 4 is 34.5 Å². The zero-order valence-electron chi connectivity index (χ0n) is 12.1. The topological polar surface area (TPSA) is 57.6 Å². The van der Waals surface area contributed by atoms with Crippen LogP contribution >= 0.6 is 22.6 Å². The van der Waals surface area contributed by atoms with Crippen molar-refractivity contribution in [3.63, 3.8) is 0 Å². The molecule has 1 unspecified atom stereocenters. The first-order valence-corrected chi connectivity index (χ1v) is 8.35. The van der Waals surface area contributed by atoms with Crippen molar-refractivity contribution < 1.29 is 14.7 Å². The predicted molar refractivity (Wildman–Crippen MR) is 89.3 cm³/mol. The molecule has 1 N–H and O–H groups in total. The molecule has 0 radical (unpaired) electrons. The van der Waals surface area contributed by atoms with E-state index in [4.69, 9.17) is 0 Å². The van der Waals surface area contributed by atoms with E-state index in [9.17, 15) is 14.7 Å². The highest BCUT2D eigenvalue weighted by Crippen LogP contribution is 2.35. The highest BCUT2D eigenvalue weighted by Gasteiger charge is 2.43. The van der Waals surface area contributed by atoms with Gasteiger partial charge in [-0.05, 0) is 54.0 Å². The highest BCUT2D eigenvalue weighted by atomic mass is 127. The third-order valence-corrected chi connectivity index (χ3v) is 5.09. The van der Waals surface area contributed by atoms with Gasteiger partial charge in [-0.1, -0.05) is 25.5 Å². The van der Waals surface area contributed by atoms with E-state index in [0.29, 0.717) is 31.5 Å². The van der Waals surface area contributed by atoms with Crippen LogP contribution in [0.25, 0.3) is 0 Å². The monoisotopic (exact) mass is 401 g/mol. The second-order valence-corrected chi connectivity index (χ2v) is 6.81. The van der Waals surface area contributed by atoms with Gasteiger partial charge in [-0.2, -0.15) is 0 Å². The number of likely N-dealkylation sites (tertiary alicyclic amines) is 1. The van der Waals surface area contributed by atoms with Gasteiger partial charge in [-0.15, -0.1) is 0 Å². The summed E-state index contributed by atoms with van der Waals surface area (Å²) in [6, 6.07) is 7.44. The fourth-order valence-corrected chi connectivity index (χ4v) is 3.69. The van der Waals surface area contributed by atoms with E-state index >= 15 is 0 Å². The van der Waals surface area contributed by atoms with Gasteiger partial charge in [0.05, 0.1) is 11.0 Å². The molecule has 1 heterocycles. The highest BCUT2D eigenvalue weighted by molar-refractivity contribution is 14.1. The van der Waals surface area contributed by atoms with Crippen molar-refractivity contribution in [2.24, 2.45) is 5.41 Å². The van der Waals surface area contributed by atoms with Gasteiger partial charge in [-0.25, -0.2) is 0 Å². The second kappa shape index (κ2) is 6.77. The lowest BCUT2D eigenvalue weighted by molar-refractivity contribution is -0.152. The molecule has 114 valence electrons. The normalized spacial score (nSPS) is 22.1. The molecule has 0 saturated carbocycles. The summed E-state index contributed by atoms with van der Waals surface area (Å²) in [4.78, 5) is 26.1. The molecule has 0 aromatic heterocycles. The molecular formula is C16H20INO3. The molecule has 1 saturated heterocycles. The van der Waals surface area contributed by atoms with Crippen molar-refractivity contribution in [3.05, 3.63) is 33.4 Å². The Balaban J connectivity index is 2.23. The number of benzene rings is 1. The number of aliphatic carboxylic acids is 1. The largest absolute Gasteiger partial charge is 0.481 e. The number of hydrogen-bond donors (Lipinski definition) is 1. The SMILES string of the molecule is CCCC1(C(=O)O)CCCN(C(=O)c2ccccc2I)C1. The smallest absolute Gasteiger partial charge is 0.311 e. The molecule has 0 bridgehead atoms. The summed E-state index contributed by atoms with van der Waals surface area (Å²) in [5, 5.41) is 9.61. The van der Waals surface area contributed by atoms with Crippen molar-refractivity contribution in [2.75, 3.05) is 13.1 Å². The molecule has 1 aliphatic heterocycles. The molecule has 1 aliphatic rings. The second-order valence-electron chi connectivity index (χ2n) is 5.65. The fourth-order valence-electron chi connectivity index (χ4n) is 3.07. The Bertz CT molecular complexity index is 542. The molecule has 1 fully saturated rings. The average Bonchev–Trinajstić information content (AvgIpc) is 2.47. The molecule has 5 heteroatoms. The van der Waals surface area contributed by atoms with Gasteiger partial charge in [0.15, 0.2) is 0 Å². The van der Waals surface area contributed by atoms with Gasteiger partial charge < -0.3 is 10.0 Å². The Morgan fingerprint density at radius 1 is 1.38 bits per heavy atom. The number of carbonyl (C=O) groups is 2. The molecule has 1 atom stereocenters.